The van der Waals surface area contributed by atoms with Crippen LogP contribution in [0, 0.1) is 5.41 Å². The molecule has 1 rings (SSSR count). The molecule has 0 aromatic rings. The SMILES string of the molecule is C=C(CC)[C@H](NC(=O)[C@H]1CNCCO1)C(=O)N[C@@H](CCC(C)(C)C)C(=O)O. The van der Waals surface area contributed by atoms with Gasteiger partial charge in [0.1, 0.15) is 18.2 Å². The third-order valence-corrected chi connectivity index (χ3v) is 4.43. The number of nitrogens with one attached hydrogen (secondary N) is 3. The number of hydrogen-bond acceptors (Lipinski definition) is 5. The maximum atomic E-state index is 12.7. The predicted octanol–water partition coefficient (Wildman–Crippen LogP) is 0.822. The molecule has 1 fully saturated rings. The Hall–Kier alpha value is -1.93. The first-order valence-electron chi connectivity index (χ1n) is 9.38. The second-order valence-electron chi connectivity index (χ2n) is 8.02. The van der Waals surface area contributed by atoms with Crippen LogP contribution in [0.25, 0.3) is 0 Å². The van der Waals surface area contributed by atoms with Gasteiger partial charge in [-0.3, -0.25) is 9.59 Å². The summed E-state index contributed by atoms with van der Waals surface area (Å²) in [4.78, 5) is 36.6. The Morgan fingerprint density at radius 3 is 2.44 bits per heavy atom. The van der Waals surface area contributed by atoms with Crippen molar-refractivity contribution in [3.05, 3.63) is 12.2 Å². The van der Waals surface area contributed by atoms with Crippen molar-refractivity contribution >= 4 is 17.8 Å². The summed E-state index contributed by atoms with van der Waals surface area (Å²) in [6, 6.07) is -2.02. The van der Waals surface area contributed by atoms with Crippen LogP contribution >= 0.6 is 0 Å². The highest BCUT2D eigenvalue weighted by atomic mass is 16.5. The average Bonchev–Trinajstić information content (AvgIpc) is 2.61. The zero-order valence-electron chi connectivity index (χ0n) is 16.8. The third-order valence-electron chi connectivity index (χ3n) is 4.43. The zero-order valence-corrected chi connectivity index (χ0v) is 16.8. The van der Waals surface area contributed by atoms with Crippen molar-refractivity contribution in [2.75, 3.05) is 19.7 Å². The van der Waals surface area contributed by atoms with E-state index in [9.17, 15) is 19.5 Å². The Balaban J connectivity index is 2.78. The van der Waals surface area contributed by atoms with E-state index in [1.54, 1.807) is 0 Å². The lowest BCUT2D eigenvalue weighted by molar-refractivity contribution is -0.142. The number of ether oxygens (including phenoxy) is 1. The quantitative estimate of drug-likeness (QED) is 0.438. The van der Waals surface area contributed by atoms with E-state index in [0.717, 1.165) is 0 Å². The number of hydrogen-bond donors (Lipinski definition) is 4. The smallest absolute Gasteiger partial charge is 0.326 e. The van der Waals surface area contributed by atoms with Crippen molar-refractivity contribution in [1.29, 1.82) is 0 Å². The van der Waals surface area contributed by atoms with Gasteiger partial charge in [-0.15, -0.1) is 0 Å². The van der Waals surface area contributed by atoms with Crippen LogP contribution in [0.4, 0.5) is 0 Å². The number of rotatable bonds is 9. The lowest BCUT2D eigenvalue weighted by atomic mass is 9.88. The van der Waals surface area contributed by atoms with Gasteiger partial charge in [-0.1, -0.05) is 34.3 Å². The molecule has 8 nitrogen and oxygen atoms in total. The molecule has 8 heteroatoms. The van der Waals surface area contributed by atoms with Crippen LogP contribution in [0.1, 0.15) is 47.0 Å². The molecular formula is C19H33N3O5. The summed E-state index contributed by atoms with van der Waals surface area (Å²) in [6.07, 6.45) is 0.730. The van der Waals surface area contributed by atoms with Crippen molar-refractivity contribution in [3.8, 4) is 0 Å². The van der Waals surface area contributed by atoms with E-state index in [-0.39, 0.29) is 5.41 Å². The Morgan fingerprint density at radius 2 is 1.96 bits per heavy atom. The Morgan fingerprint density at radius 1 is 1.30 bits per heavy atom. The lowest BCUT2D eigenvalue weighted by Gasteiger charge is -2.27. The summed E-state index contributed by atoms with van der Waals surface area (Å²) < 4.78 is 5.40. The van der Waals surface area contributed by atoms with Gasteiger partial charge in [0.2, 0.25) is 5.91 Å². The molecule has 0 radical (unpaired) electrons. The molecule has 0 bridgehead atoms. The molecule has 4 N–H and O–H groups in total. The van der Waals surface area contributed by atoms with E-state index in [1.165, 1.54) is 0 Å². The first kappa shape index (κ1) is 23.1. The maximum absolute atomic E-state index is 12.7. The summed E-state index contributed by atoms with van der Waals surface area (Å²) in [5.74, 6) is -2.08. The lowest BCUT2D eigenvalue weighted by Crippen LogP contribution is -2.56. The Labute approximate surface area is 161 Å². The number of carbonyl (C=O) groups is 3. The summed E-state index contributed by atoms with van der Waals surface area (Å²) in [6.45, 7) is 13.1. The van der Waals surface area contributed by atoms with E-state index in [0.29, 0.717) is 44.5 Å². The molecule has 0 aromatic carbocycles. The van der Waals surface area contributed by atoms with Gasteiger partial charge in [0.05, 0.1) is 6.61 Å². The monoisotopic (exact) mass is 383 g/mol. The number of carboxylic acids is 1. The maximum Gasteiger partial charge on any atom is 0.326 e. The van der Waals surface area contributed by atoms with E-state index in [4.69, 9.17) is 4.74 Å². The molecule has 1 heterocycles. The highest BCUT2D eigenvalue weighted by Gasteiger charge is 2.31. The van der Waals surface area contributed by atoms with E-state index in [1.807, 2.05) is 27.7 Å². The molecular weight excluding hydrogens is 350 g/mol. The Kier molecular flexibility index (Phi) is 8.92. The molecule has 2 amide bonds. The molecule has 1 aliphatic rings. The molecule has 0 aromatic heterocycles. The van der Waals surface area contributed by atoms with Crippen LogP contribution in [0.15, 0.2) is 12.2 Å². The van der Waals surface area contributed by atoms with Gasteiger partial charge in [0.15, 0.2) is 0 Å². The molecule has 1 aliphatic heterocycles. The number of carbonyl (C=O) groups excluding carboxylic acids is 2. The summed E-state index contributed by atoms with van der Waals surface area (Å²) >= 11 is 0. The minimum absolute atomic E-state index is 0.0512. The predicted molar refractivity (Wildman–Crippen MR) is 102 cm³/mol. The number of amides is 2. The van der Waals surface area contributed by atoms with Crippen LogP contribution in [-0.4, -0.2) is 60.8 Å². The van der Waals surface area contributed by atoms with Crippen molar-refractivity contribution in [2.24, 2.45) is 5.41 Å². The zero-order chi connectivity index (χ0) is 20.6. The van der Waals surface area contributed by atoms with Gasteiger partial charge >= 0.3 is 5.97 Å². The molecule has 154 valence electrons. The van der Waals surface area contributed by atoms with Gasteiger partial charge < -0.3 is 25.8 Å². The van der Waals surface area contributed by atoms with Gasteiger partial charge in [0.25, 0.3) is 5.91 Å². The van der Waals surface area contributed by atoms with Crippen LogP contribution in [-0.2, 0) is 19.1 Å². The van der Waals surface area contributed by atoms with Gasteiger partial charge in [-0.2, -0.15) is 0 Å². The molecule has 0 unspecified atom stereocenters. The minimum Gasteiger partial charge on any atom is -0.480 e. The molecule has 27 heavy (non-hydrogen) atoms. The molecule has 3 atom stereocenters. The van der Waals surface area contributed by atoms with Crippen LogP contribution in [0.5, 0.6) is 0 Å². The number of aliphatic carboxylic acids is 1. The van der Waals surface area contributed by atoms with Gasteiger partial charge in [0, 0.05) is 13.1 Å². The molecule has 1 saturated heterocycles. The number of carboxylic acid groups (broad SMARTS) is 1. The van der Waals surface area contributed by atoms with Crippen LogP contribution in [0.3, 0.4) is 0 Å². The van der Waals surface area contributed by atoms with E-state index < -0.39 is 36.0 Å². The van der Waals surface area contributed by atoms with E-state index >= 15 is 0 Å². The summed E-state index contributed by atoms with van der Waals surface area (Å²) in [7, 11) is 0. The van der Waals surface area contributed by atoms with Crippen LogP contribution < -0.4 is 16.0 Å². The second-order valence-corrected chi connectivity index (χ2v) is 8.02. The van der Waals surface area contributed by atoms with Gasteiger partial charge in [-0.05, 0) is 30.3 Å². The highest BCUT2D eigenvalue weighted by molar-refractivity contribution is 5.93. The fourth-order valence-electron chi connectivity index (χ4n) is 2.62. The number of morpholine rings is 1. The second kappa shape index (κ2) is 10.4. The third kappa shape index (κ3) is 8.09. The topological polar surface area (TPSA) is 117 Å². The van der Waals surface area contributed by atoms with Crippen LogP contribution in [0.2, 0.25) is 0 Å². The van der Waals surface area contributed by atoms with Crippen molar-refractivity contribution in [1.82, 2.24) is 16.0 Å². The fraction of sp³-hybridized carbons (Fsp3) is 0.737. The van der Waals surface area contributed by atoms with Gasteiger partial charge in [-0.25, -0.2) is 4.79 Å². The molecule has 0 saturated carbocycles. The summed E-state index contributed by atoms with van der Waals surface area (Å²) in [5.41, 5.74) is 0.453. The van der Waals surface area contributed by atoms with Crippen molar-refractivity contribution in [2.45, 2.75) is 65.1 Å². The van der Waals surface area contributed by atoms with Crippen molar-refractivity contribution < 1.29 is 24.2 Å². The van der Waals surface area contributed by atoms with E-state index in [2.05, 4.69) is 22.5 Å². The Bertz CT molecular complexity index is 550. The normalized spacial score (nSPS) is 19.6. The highest BCUT2D eigenvalue weighted by Crippen LogP contribution is 2.21. The fourth-order valence-corrected chi connectivity index (χ4v) is 2.62. The first-order chi connectivity index (χ1) is 12.5. The average molecular weight is 383 g/mol. The molecule has 0 spiro atoms. The standard InChI is InChI=1S/C19H33N3O5/c1-6-12(2)15(22-16(23)14-11-20-9-10-27-14)17(24)21-13(18(25)26)7-8-19(3,4)5/h13-15,20H,2,6-11H2,1,3-5H3,(H,21,24)(H,22,23)(H,25,26)/t13-,14+,15-/m0/s1. The van der Waals surface area contributed by atoms with Crippen molar-refractivity contribution in [3.63, 3.8) is 0 Å². The molecule has 0 aliphatic carbocycles. The minimum atomic E-state index is -1.10. The largest absolute Gasteiger partial charge is 0.480 e. The first-order valence-corrected chi connectivity index (χ1v) is 9.38. The summed E-state index contributed by atoms with van der Waals surface area (Å²) in [5, 5.41) is 17.7.